The summed E-state index contributed by atoms with van der Waals surface area (Å²) in [6, 6.07) is 46.1. The van der Waals surface area contributed by atoms with E-state index in [0.717, 1.165) is 16.2 Å². The Morgan fingerprint density at radius 1 is 0.455 bits per heavy atom. The molecule has 0 aliphatic rings. The first-order valence-electron chi connectivity index (χ1n) is 17.7. The fourth-order valence-corrected chi connectivity index (χ4v) is 7.91. The average molecular weight is 723 g/mol. The molecule has 262 valence electrons. The van der Waals surface area contributed by atoms with Crippen LogP contribution in [0.15, 0.2) is 160 Å². The molecule has 0 N–H and O–H groups in total. The molecule has 0 bridgehead atoms. The molecule has 9 heteroatoms. The minimum atomic E-state index is -4.82. The first-order valence-corrected chi connectivity index (χ1v) is 17.7. The van der Waals surface area contributed by atoms with Gasteiger partial charge in [-0.05, 0) is 36.4 Å². The molecule has 0 saturated carbocycles. The van der Waals surface area contributed by atoms with E-state index in [1.807, 2.05) is 133 Å². The van der Waals surface area contributed by atoms with Gasteiger partial charge in [0.15, 0.2) is 23.1 Å². The molecular weight excluding hydrogens is 698 g/mol. The van der Waals surface area contributed by atoms with Gasteiger partial charge in [-0.3, -0.25) is 0 Å². The molecule has 0 atom stereocenters. The standard InChI is InChI=1S/C46H25F3N4O2/c47-46(48,49)33-25-32(45-51-43(26-13-3-1-4-14-26)50-44(52-45)27-15-5-2-6-16-27)38-31-19-9-12-22-37(31)55-42(38)40(33)53-34-20-10-7-18-30(34)39-35(53)24-23-29-28-17-8-11-21-36(28)54-41(29)39/h1-25H. The summed E-state index contributed by atoms with van der Waals surface area (Å²) in [5.74, 6) is 0.757. The Hall–Kier alpha value is -7.26. The van der Waals surface area contributed by atoms with E-state index in [1.165, 1.54) is 6.07 Å². The number of hydrogen-bond donors (Lipinski definition) is 0. The molecule has 55 heavy (non-hydrogen) atoms. The molecule has 7 aromatic carbocycles. The van der Waals surface area contributed by atoms with Gasteiger partial charge in [-0.25, -0.2) is 15.0 Å². The van der Waals surface area contributed by atoms with Crippen molar-refractivity contribution in [1.82, 2.24) is 19.5 Å². The monoisotopic (exact) mass is 722 g/mol. The Morgan fingerprint density at radius 3 is 1.67 bits per heavy atom. The predicted molar refractivity (Wildman–Crippen MR) is 210 cm³/mol. The molecule has 6 nitrogen and oxygen atoms in total. The second kappa shape index (κ2) is 11.6. The number of rotatable bonds is 4. The summed E-state index contributed by atoms with van der Waals surface area (Å²) in [6.45, 7) is 0. The average Bonchev–Trinajstić information content (AvgIpc) is 3.90. The predicted octanol–water partition coefficient (Wildman–Crippen LogP) is 12.8. The summed E-state index contributed by atoms with van der Waals surface area (Å²) in [7, 11) is 0. The van der Waals surface area contributed by atoms with E-state index in [2.05, 4.69) is 0 Å². The largest absolute Gasteiger partial charge is 0.455 e. The lowest BCUT2D eigenvalue weighted by molar-refractivity contribution is -0.137. The van der Waals surface area contributed by atoms with E-state index in [0.29, 0.717) is 66.7 Å². The summed E-state index contributed by atoms with van der Waals surface area (Å²) in [5.41, 5.74) is 3.45. The highest BCUT2D eigenvalue weighted by Gasteiger charge is 2.39. The van der Waals surface area contributed by atoms with E-state index < -0.39 is 11.7 Å². The Morgan fingerprint density at radius 2 is 1.00 bits per heavy atom. The molecule has 0 radical (unpaired) electrons. The van der Waals surface area contributed by atoms with Gasteiger partial charge >= 0.3 is 6.18 Å². The highest BCUT2D eigenvalue weighted by Crippen LogP contribution is 2.49. The molecule has 11 aromatic rings. The number of benzene rings is 7. The van der Waals surface area contributed by atoms with E-state index >= 15 is 13.2 Å². The van der Waals surface area contributed by atoms with Crippen LogP contribution in [0, 0.1) is 0 Å². The van der Waals surface area contributed by atoms with Crippen LogP contribution < -0.4 is 0 Å². The normalized spacial score (nSPS) is 12.3. The summed E-state index contributed by atoms with van der Waals surface area (Å²) < 4.78 is 62.3. The third-order valence-electron chi connectivity index (χ3n) is 10.3. The van der Waals surface area contributed by atoms with Crippen LogP contribution in [-0.4, -0.2) is 19.5 Å². The SMILES string of the molecule is FC(F)(F)c1cc(-c2nc(-c3ccccc3)nc(-c3ccccc3)n2)c2c(oc3ccccc32)c1-n1c2ccccc2c2c3oc4ccccc4c3ccc21. The number of alkyl halides is 3. The van der Waals surface area contributed by atoms with Gasteiger partial charge in [-0.15, -0.1) is 0 Å². The van der Waals surface area contributed by atoms with Crippen LogP contribution in [0.1, 0.15) is 5.56 Å². The molecule has 4 heterocycles. The van der Waals surface area contributed by atoms with Crippen LogP contribution in [0.4, 0.5) is 13.2 Å². The van der Waals surface area contributed by atoms with Gasteiger partial charge in [0.1, 0.15) is 22.4 Å². The number of hydrogen-bond acceptors (Lipinski definition) is 5. The van der Waals surface area contributed by atoms with Crippen molar-refractivity contribution in [2.75, 3.05) is 0 Å². The number of para-hydroxylation sites is 3. The van der Waals surface area contributed by atoms with Crippen LogP contribution in [0.2, 0.25) is 0 Å². The van der Waals surface area contributed by atoms with E-state index in [4.69, 9.17) is 23.8 Å². The Bertz CT molecular complexity index is 3250. The third-order valence-corrected chi connectivity index (χ3v) is 10.3. The van der Waals surface area contributed by atoms with E-state index in [9.17, 15) is 0 Å². The molecule has 0 saturated heterocycles. The summed E-state index contributed by atoms with van der Waals surface area (Å²) in [5, 5.41) is 4.36. The zero-order chi connectivity index (χ0) is 36.8. The van der Waals surface area contributed by atoms with Crippen LogP contribution in [-0.2, 0) is 6.18 Å². The summed E-state index contributed by atoms with van der Waals surface area (Å²) in [4.78, 5) is 14.5. The van der Waals surface area contributed by atoms with Crippen molar-refractivity contribution in [2.24, 2.45) is 0 Å². The lowest BCUT2D eigenvalue weighted by atomic mass is 9.99. The Balaban J connectivity index is 1.29. The summed E-state index contributed by atoms with van der Waals surface area (Å²) in [6.07, 6.45) is -4.82. The first kappa shape index (κ1) is 31.3. The lowest BCUT2D eigenvalue weighted by Crippen LogP contribution is -2.12. The maximum atomic E-state index is 15.9. The van der Waals surface area contributed by atoms with Gasteiger partial charge in [0, 0.05) is 43.6 Å². The highest BCUT2D eigenvalue weighted by molar-refractivity contribution is 6.25. The van der Waals surface area contributed by atoms with Gasteiger partial charge in [-0.1, -0.05) is 115 Å². The maximum absolute atomic E-state index is 15.9. The topological polar surface area (TPSA) is 69.9 Å². The molecular formula is C46H25F3N4O2. The van der Waals surface area contributed by atoms with Crippen molar-refractivity contribution in [3.63, 3.8) is 0 Å². The van der Waals surface area contributed by atoms with Gasteiger partial charge in [-0.2, -0.15) is 13.2 Å². The van der Waals surface area contributed by atoms with Crippen molar-refractivity contribution in [3.05, 3.63) is 157 Å². The molecule has 11 rings (SSSR count). The summed E-state index contributed by atoms with van der Waals surface area (Å²) >= 11 is 0. The third kappa shape index (κ3) is 4.72. The highest BCUT2D eigenvalue weighted by atomic mass is 19.4. The number of nitrogens with zero attached hydrogens (tertiary/aromatic N) is 4. The molecule has 0 unspecified atom stereocenters. The van der Waals surface area contributed by atoms with Crippen LogP contribution >= 0.6 is 0 Å². The Kier molecular flexibility index (Phi) is 6.61. The molecule has 0 spiro atoms. The Labute approximate surface area is 309 Å². The molecule has 0 fully saturated rings. The second-order valence-corrected chi connectivity index (χ2v) is 13.4. The lowest BCUT2D eigenvalue weighted by Gasteiger charge is -2.18. The molecule has 4 aromatic heterocycles. The second-order valence-electron chi connectivity index (χ2n) is 13.4. The smallest absolute Gasteiger partial charge is 0.418 e. The van der Waals surface area contributed by atoms with Crippen molar-refractivity contribution < 1.29 is 22.0 Å². The van der Waals surface area contributed by atoms with E-state index in [1.54, 1.807) is 16.7 Å². The van der Waals surface area contributed by atoms with Crippen LogP contribution in [0.5, 0.6) is 0 Å². The van der Waals surface area contributed by atoms with Crippen molar-refractivity contribution in [1.29, 1.82) is 0 Å². The van der Waals surface area contributed by atoms with Crippen LogP contribution in [0.25, 0.3) is 106 Å². The molecule has 0 aliphatic heterocycles. The quantitative estimate of drug-likeness (QED) is 0.181. The van der Waals surface area contributed by atoms with Crippen molar-refractivity contribution >= 4 is 65.7 Å². The van der Waals surface area contributed by atoms with Gasteiger partial charge < -0.3 is 13.4 Å². The van der Waals surface area contributed by atoms with Crippen molar-refractivity contribution in [2.45, 2.75) is 6.18 Å². The zero-order valence-electron chi connectivity index (χ0n) is 28.7. The molecule has 0 amide bonds. The first-order chi connectivity index (χ1) is 26.9. The van der Waals surface area contributed by atoms with Crippen LogP contribution in [0.3, 0.4) is 0 Å². The number of furan rings is 2. The number of aromatic nitrogens is 4. The van der Waals surface area contributed by atoms with E-state index in [-0.39, 0.29) is 22.7 Å². The fourth-order valence-electron chi connectivity index (χ4n) is 7.91. The van der Waals surface area contributed by atoms with Crippen molar-refractivity contribution in [3.8, 4) is 39.9 Å². The number of halogens is 3. The molecule has 0 aliphatic carbocycles. The van der Waals surface area contributed by atoms with Gasteiger partial charge in [0.05, 0.1) is 22.0 Å². The minimum Gasteiger partial charge on any atom is -0.455 e. The van der Waals surface area contributed by atoms with Gasteiger partial charge in [0.25, 0.3) is 0 Å². The fraction of sp³-hybridized carbons (Fsp3) is 0.0217. The zero-order valence-corrected chi connectivity index (χ0v) is 28.7. The number of fused-ring (bicyclic) bond motifs is 10. The maximum Gasteiger partial charge on any atom is 0.418 e. The van der Waals surface area contributed by atoms with Gasteiger partial charge in [0.2, 0.25) is 0 Å². The minimum absolute atomic E-state index is 0.0568.